The molecule has 0 saturated heterocycles. The summed E-state index contributed by atoms with van der Waals surface area (Å²) in [6.07, 6.45) is 1.37. The van der Waals surface area contributed by atoms with Gasteiger partial charge < -0.3 is 10.4 Å². The largest absolute Gasteiger partial charge is 0.395 e. The van der Waals surface area contributed by atoms with E-state index < -0.39 is 11.6 Å². The average Bonchev–Trinajstić information content (AvgIpc) is 2.61. The van der Waals surface area contributed by atoms with Crippen molar-refractivity contribution in [3.63, 3.8) is 0 Å². The van der Waals surface area contributed by atoms with Gasteiger partial charge >= 0.3 is 0 Å². The molecule has 1 aromatic rings. The van der Waals surface area contributed by atoms with E-state index >= 15 is 0 Å². The lowest BCUT2D eigenvalue weighted by molar-refractivity contribution is 0.240. The zero-order valence-electron chi connectivity index (χ0n) is 9.13. The van der Waals surface area contributed by atoms with Crippen LogP contribution in [-0.2, 0) is 6.42 Å². The van der Waals surface area contributed by atoms with Crippen LogP contribution in [0.5, 0.6) is 0 Å². The second-order valence-corrected chi connectivity index (χ2v) is 4.30. The number of benzene rings is 1. The van der Waals surface area contributed by atoms with Crippen LogP contribution in [0.3, 0.4) is 0 Å². The van der Waals surface area contributed by atoms with E-state index in [1.165, 1.54) is 6.07 Å². The number of aliphatic hydroxyl groups excluding tert-OH is 1. The van der Waals surface area contributed by atoms with Gasteiger partial charge in [-0.15, -0.1) is 0 Å². The van der Waals surface area contributed by atoms with Crippen LogP contribution in [0.1, 0.15) is 30.5 Å². The summed E-state index contributed by atoms with van der Waals surface area (Å²) in [5.74, 6) is -1.00. The highest BCUT2D eigenvalue weighted by atomic mass is 19.1. The Bertz CT molecular complexity index is 395. The molecule has 4 heteroatoms. The monoisotopic (exact) mass is 227 g/mol. The lowest BCUT2D eigenvalue weighted by Crippen LogP contribution is -2.32. The molecular formula is C12H15F2NO. The van der Waals surface area contributed by atoms with Crippen LogP contribution in [0, 0.1) is 11.6 Å². The first kappa shape index (κ1) is 11.5. The molecule has 88 valence electrons. The predicted octanol–water partition coefficient (Wildman–Crippen LogP) is 1.92. The minimum absolute atomic E-state index is 0.0175. The summed E-state index contributed by atoms with van der Waals surface area (Å²) in [6.45, 7) is 1.86. The van der Waals surface area contributed by atoms with E-state index in [2.05, 4.69) is 5.32 Å². The van der Waals surface area contributed by atoms with Gasteiger partial charge in [0, 0.05) is 18.2 Å². The Kier molecular flexibility index (Phi) is 3.21. The van der Waals surface area contributed by atoms with Crippen molar-refractivity contribution in [3.05, 3.63) is 34.9 Å². The van der Waals surface area contributed by atoms with Crippen molar-refractivity contribution in [3.8, 4) is 0 Å². The number of halogens is 2. The van der Waals surface area contributed by atoms with Crippen molar-refractivity contribution >= 4 is 0 Å². The summed E-state index contributed by atoms with van der Waals surface area (Å²) in [5.41, 5.74) is 1.29. The quantitative estimate of drug-likeness (QED) is 0.827. The van der Waals surface area contributed by atoms with Gasteiger partial charge in [-0.05, 0) is 37.0 Å². The Labute approximate surface area is 93.3 Å². The summed E-state index contributed by atoms with van der Waals surface area (Å²) in [7, 11) is 0. The first-order valence-electron chi connectivity index (χ1n) is 5.46. The smallest absolute Gasteiger partial charge is 0.129 e. The molecule has 1 unspecified atom stereocenters. The molecule has 0 amide bonds. The number of aliphatic hydroxyl groups is 1. The minimum Gasteiger partial charge on any atom is -0.395 e. The molecule has 0 saturated carbocycles. The lowest BCUT2D eigenvalue weighted by atomic mass is 10.1. The van der Waals surface area contributed by atoms with Gasteiger partial charge in [-0.2, -0.15) is 0 Å². The van der Waals surface area contributed by atoms with Crippen LogP contribution in [-0.4, -0.2) is 17.8 Å². The molecule has 2 rings (SSSR count). The Hall–Kier alpha value is -1.00. The summed E-state index contributed by atoms with van der Waals surface area (Å²) in [4.78, 5) is 0. The van der Waals surface area contributed by atoms with Crippen LogP contribution >= 0.6 is 0 Å². The second-order valence-electron chi connectivity index (χ2n) is 4.30. The molecule has 0 bridgehead atoms. The van der Waals surface area contributed by atoms with Gasteiger partial charge in [0.1, 0.15) is 11.6 Å². The molecule has 1 aliphatic carbocycles. The fraction of sp³-hybridized carbons (Fsp3) is 0.500. The van der Waals surface area contributed by atoms with E-state index in [0.29, 0.717) is 17.5 Å². The summed E-state index contributed by atoms with van der Waals surface area (Å²) >= 11 is 0. The van der Waals surface area contributed by atoms with Crippen molar-refractivity contribution in [2.45, 2.75) is 31.8 Å². The Morgan fingerprint density at radius 1 is 1.50 bits per heavy atom. The molecule has 0 aromatic heterocycles. The number of nitrogens with one attached hydrogen (secondary N) is 1. The van der Waals surface area contributed by atoms with Crippen molar-refractivity contribution in [1.29, 1.82) is 0 Å². The molecule has 1 aromatic carbocycles. The van der Waals surface area contributed by atoms with E-state index in [9.17, 15) is 8.78 Å². The van der Waals surface area contributed by atoms with Crippen LogP contribution in [0.4, 0.5) is 8.78 Å². The fourth-order valence-corrected chi connectivity index (χ4v) is 2.21. The first-order valence-corrected chi connectivity index (χ1v) is 5.46. The number of hydrogen-bond donors (Lipinski definition) is 2. The molecular weight excluding hydrogens is 212 g/mol. The highest BCUT2D eigenvalue weighted by molar-refractivity contribution is 5.36. The molecule has 16 heavy (non-hydrogen) atoms. The average molecular weight is 227 g/mol. The predicted molar refractivity (Wildman–Crippen MR) is 57.1 cm³/mol. The molecule has 0 aliphatic heterocycles. The third-order valence-electron chi connectivity index (χ3n) is 3.01. The number of hydrogen-bond acceptors (Lipinski definition) is 2. The normalized spacial score (nSPS) is 20.9. The lowest BCUT2D eigenvalue weighted by Gasteiger charge is -2.18. The third kappa shape index (κ3) is 2.08. The maximum Gasteiger partial charge on any atom is 0.129 e. The SMILES string of the molecule is C[C@H](CO)NC1CCc2c(F)cc(F)cc21. The first-order chi connectivity index (χ1) is 7.61. The Morgan fingerprint density at radius 2 is 2.25 bits per heavy atom. The van der Waals surface area contributed by atoms with E-state index in [1.807, 2.05) is 6.92 Å². The maximum atomic E-state index is 13.4. The van der Waals surface area contributed by atoms with Gasteiger partial charge in [-0.25, -0.2) is 8.78 Å². The van der Waals surface area contributed by atoms with E-state index in [4.69, 9.17) is 5.11 Å². The maximum absolute atomic E-state index is 13.4. The van der Waals surface area contributed by atoms with Crippen LogP contribution in [0.2, 0.25) is 0 Å². The Morgan fingerprint density at radius 3 is 2.94 bits per heavy atom. The van der Waals surface area contributed by atoms with Crippen molar-refractivity contribution in [2.24, 2.45) is 0 Å². The van der Waals surface area contributed by atoms with Gasteiger partial charge in [-0.3, -0.25) is 0 Å². The van der Waals surface area contributed by atoms with Gasteiger partial charge in [0.15, 0.2) is 0 Å². The molecule has 2 nitrogen and oxygen atoms in total. The molecule has 1 aliphatic rings. The van der Waals surface area contributed by atoms with Gasteiger partial charge in [0.05, 0.1) is 6.61 Å². The third-order valence-corrected chi connectivity index (χ3v) is 3.01. The molecule has 0 spiro atoms. The summed E-state index contributed by atoms with van der Waals surface area (Å²) < 4.78 is 26.5. The zero-order chi connectivity index (χ0) is 11.7. The molecule has 0 radical (unpaired) electrons. The van der Waals surface area contributed by atoms with Crippen molar-refractivity contribution in [1.82, 2.24) is 5.32 Å². The van der Waals surface area contributed by atoms with Gasteiger partial charge in [0.2, 0.25) is 0 Å². The van der Waals surface area contributed by atoms with Gasteiger partial charge in [-0.1, -0.05) is 0 Å². The van der Waals surface area contributed by atoms with Crippen LogP contribution in [0.25, 0.3) is 0 Å². The standard InChI is InChI=1S/C12H15F2NO/c1-7(6-16)15-12-3-2-9-10(12)4-8(13)5-11(9)14/h4-5,7,12,15-16H,2-3,6H2,1H3/t7-,12?/m1/s1. The second kappa shape index (κ2) is 4.47. The topological polar surface area (TPSA) is 32.3 Å². The molecule has 2 atom stereocenters. The van der Waals surface area contributed by atoms with Crippen molar-refractivity contribution < 1.29 is 13.9 Å². The van der Waals surface area contributed by atoms with Crippen molar-refractivity contribution in [2.75, 3.05) is 6.61 Å². The zero-order valence-corrected chi connectivity index (χ0v) is 9.13. The minimum atomic E-state index is -0.540. The Balaban J connectivity index is 2.25. The summed E-state index contributed by atoms with van der Waals surface area (Å²) in [6, 6.07) is 2.19. The fourth-order valence-electron chi connectivity index (χ4n) is 2.21. The summed E-state index contributed by atoms with van der Waals surface area (Å²) in [5, 5.41) is 12.1. The van der Waals surface area contributed by atoms with Crippen LogP contribution < -0.4 is 5.32 Å². The van der Waals surface area contributed by atoms with E-state index in [0.717, 1.165) is 12.5 Å². The number of rotatable bonds is 3. The van der Waals surface area contributed by atoms with E-state index in [1.54, 1.807) is 0 Å². The highest BCUT2D eigenvalue weighted by Gasteiger charge is 2.26. The highest BCUT2D eigenvalue weighted by Crippen LogP contribution is 2.33. The van der Waals surface area contributed by atoms with E-state index in [-0.39, 0.29) is 18.7 Å². The van der Waals surface area contributed by atoms with Crippen LogP contribution in [0.15, 0.2) is 12.1 Å². The molecule has 0 heterocycles. The van der Waals surface area contributed by atoms with Gasteiger partial charge in [0.25, 0.3) is 0 Å². The number of fused-ring (bicyclic) bond motifs is 1. The molecule has 2 N–H and O–H groups in total. The molecule has 0 fully saturated rings.